The van der Waals surface area contributed by atoms with E-state index in [0.717, 1.165) is 6.42 Å². The molecule has 370 valence electrons. The van der Waals surface area contributed by atoms with Crippen molar-refractivity contribution in [2.75, 3.05) is 77.9 Å². The van der Waals surface area contributed by atoms with Crippen molar-refractivity contribution in [3.63, 3.8) is 0 Å². The molecule has 2 saturated carbocycles. The number of hydrogen-bond acceptors (Lipinski definition) is 17. The standard InChI is InChI=1S/C36H64F5N4O16PS/c37-27-28(38)30(40)35(31(41)29(27)39)61-26(46)8-11-55-13-15-57-17-18-58-16-14-56-12-10-45-21-23(42-44-45)3-1-2-20-63(53,54)43-22-4-6-24(7-5-22)59-36-34(49)33(48)32(47)25(60-36)9-19-62(50,51)52/h22-25,27-36,42-44,47-49H,1-21H2,(H2,50,51,52)/t22?,23?,24?,25-,27?,28?,29?,30?,31?,32-,33+,34+,35?,36+/m1/s1. The average Bonchev–Trinajstić information content (AvgIpc) is 3.70. The van der Waals surface area contributed by atoms with Crippen LogP contribution in [0, 0.1) is 0 Å². The Labute approximate surface area is 363 Å². The average molecular weight is 967 g/mol. The molecule has 8 N–H and O–H groups in total. The molecule has 2 aliphatic carbocycles. The number of nitrogens with zero attached hydrogens (tertiary/aromatic N) is 1. The topological polar surface area (TPSA) is 273 Å². The fourth-order valence-electron chi connectivity index (χ4n) is 7.41. The number of hydrazine groups is 2. The predicted molar refractivity (Wildman–Crippen MR) is 210 cm³/mol. The molecule has 0 radical (unpaired) electrons. The maximum Gasteiger partial charge on any atom is 0.325 e. The lowest BCUT2D eigenvalue weighted by Crippen LogP contribution is -2.59. The molecule has 0 aromatic rings. The van der Waals surface area contributed by atoms with Crippen molar-refractivity contribution in [2.45, 2.75) is 144 Å². The summed E-state index contributed by atoms with van der Waals surface area (Å²) in [6.07, 6.45) is -22.1. The summed E-state index contributed by atoms with van der Waals surface area (Å²) in [6, 6.07) is -0.183. The van der Waals surface area contributed by atoms with Gasteiger partial charge in [-0.25, -0.2) is 45.5 Å². The molecule has 4 rings (SSSR count). The fourth-order valence-corrected chi connectivity index (χ4v) is 9.45. The Kier molecular flexibility index (Phi) is 23.2. The van der Waals surface area contributed by atoms with E-state index in [1.165, 1.54) is 0 Å². The quantitative estimate of drug-likeness (QED) is 0.0213. The molecular formula is C36H64F5N4O16PS. The lowest BCUT2D eigenvalue weighted by atomic mass is 9.89. The molecule has 5 unspecified atom stereocenters. The Bertz CT molecular complexity index is 1480. The second kappa shape index (κ2) is 26.9. The number of esters is 1. The normalized spacial score (nSPS) is 34.6. The Morgan fingerprint density at radius 2 is 1.33 bits per heavy atom. The van der Waals surface area contributed by atoms with Gasteiger partial charge in [-0.1, -0.05) is 6.42 Å². The largest absolute Gasteiger partial charge is 0.456 e. The van der Waals surface area contributed by atoms with Crippen LogP contribution in [0.1, 0.15) is 57.8 Å². The lowest BCUT2D eigenvalue weighted by molar-refractivity contribution is -0.309. The smallest absolute Gasteiger partial charge is 0.325 e. The van der Waals surface area contributed by atoms with Crippen LogP contribution in [0.25, 0.3) is 0 Å². The number of halogens is 5. The van der Waals surface area contributed by atoms with E-state index in [-0.39, 0.29) is 57.3 Å². The zero-order chi connectivity index (χ0) is 46.2. The molecule has 2 aliphatic heterocycles. The highest BCUT2D eigenvalue weighted by atomic mass is 32.2. The fraction of sp³-hybridized carbons (Fsp3) is 0.972. The first-order valence-corrected chi connectivity index (χ1v) is 24.7. The summed E-state index contributed by atoms with van der Waals surface area (Å²) < 4.78 is 145. The van der Waals surface area contributed by atoms with E-state index >= 15 is 0 Å². The summed E-state index contributed by atoms with van der Waals surface area (Å²) in [5.74, 6) is -1.17. The minimum absolute atomic E-state index is 0.0285. The van der Waals surface area contributed by atoms with Crippen LogP contribution in [0.3, 0.4) is 0 Å². The van der Waals surface area contributed by atoms with Crippen LogP contribution in [-0.4, -0.2) is 208 Å². The van der Waals surface area contributed by atoms with Crippen molar-refractivity contribution in [3.05, 3.63) is 0 Å². The van der Waals surface area contributed by atoms with Gasteiger partial charge in [-0.15, -0.1) is 0 Å². The van der Waals surface area contributed by atoms with Gasteiger partial charge in [-0.2, -0.15) is 5.53 Å². The van der Waals surface area contributed by atoms with Crippen molar-refractivity contribution < 1.29 is 98.0 Å². The van der Waals surface area contributed by atoms with E-state index in [4.69, 9.17) is 38.2 Å². The zero-order valence-corrected chi connectivity index (χ0v) is 36.6. The number of aliphatic hydroxyl groups is 3. The van der Waals surface area contributed by atoms with E-state index in [1.54, 1.807) is 0 Å². The maximum absolute atomic E-state index is 13.8. The molecule has 0 amide bonds. The van der Waals surface area contributed by atoms with Gasteiger partial charge in [-0.3, -0.25) is 9.36 Å². The molecule has 0 bridgehead atoms. The van der Waals surface area contributed by atoms with Crippen LogP contribution in [0.5, 0.6) is 0 Å². The van der Waals surface area contributed by atoms with Crippen LogP contribution >= 0.6 is 7.60 Å². The van der Waals surface area contributed by atoms with Crippen molar-refractivity contribution in [1.29, 1.82) is 0 Å². The molecule has 0 aromatic carbocycles. The van der Waals surface area contributed by atoms with Crippen molar-refractivity contribution >= 4 is 23.6 Å². The number of hydrogen-bond donors (Lipinski definition) is 8. The minimum Gasteiger partial charge on any atom is -0.456 e. The summed E-state index contributed by atoms with van der Waals surface area (Å²) in [5.41, 5.74) is 6.27. The van der Waals surface area contributed by atoms with Gasteiger partial charge >= 0.3 is 13.6 Å². The highest BCUT2D eigenvalue weighted by Gasteiger charge is 2.55. The third-order valence-electron chi connectivity index (χ3n) is 11.0. The summed E-state index contributed by atoms with van der Waals surface area (Å²) in [4.78, 5) is 30.1. The molecule has 4 fully saturated rings. The first-order chi connectivity index (χ1) is 29.8. The second-order valence-corrected chi connectivity index (χ2v) is 19.7. The number of ether oxygens (including phenoxy) is 7. The van der Waals surface area contributed by atoms with Crippen LogP contribution in [-0.2, 0) is 52.5 Å². The van der Waals surface area contributed by atoms with Gasteiger partial charge in [-0.05, 0) is 44.9 Å². The third kappa shape index (κ3) is 18.7. The SMILES string of the molecule is O=C(CCOCCOCCOCCOCCN1CC(CCCCS(=O)(=O)NC2CCC(O[C@H]3O[C@H](CCP(=O)(O)O)[C@@H](O)[C@H](O)[C@@H]3O)CC2)NN1)OC1C(F)C(F)C(F)C(F)C1F. The number of aliphatic hydroxyl groups excluding tert-OH is 3. The van der Waals surface area contributed by atoms with Gasteiger partial charge in [0.1, 0.15) is 18.3 Å². The first kappa shape index (κ1) is 54.3. The van der Waals surface area contributed by atoms with Crippen molar-refractivity contribution in [2.24, 2.45) is 0 Å². The molecule has 0 spiro atoms. The summed E-state index contributed by atoms with van der Waals surface area (Å²) in [7, 11) is -7.92. The molecule has 10 atom stereocenters. The van der Waals surface area contributed by atoms with Gasteiger partial charge in [0.25, 0.3) is 0 Å². The molecular weight excluding hydrogens is 902 g/mol. The molecule has 0 aromatic heterocycles. The van der Waals surface area contributed by atoms with E-state index in [0.29, 0.717) is 71.4 Å². The number of carbonyl (C=O) groups is 1. The zero-order valence-electron chi connectivity index (χ0n) is 34.9. The van der Waals surface area contributed by atoms with E-state index in [2.05, 4.69) is 20.4 Å². The van der Waals surface area contributed by atoms with Gasteiger partial charge in [0, 0.05) is 25.2 Å². The van der Waals surface area contributed by atoms with Crippen LogP contribution in [0.15, 0.2) is 0 Å². The monoisotopic (exact) mass is 966 g/mol. The molecule has 27 heteroatoms. The molecule has 63 heavy (non-hydrogen) atoms. The number of carbonyl (C=O) groups excluding carboxylic acids is 1. The van der Waals surface area contributed by atoms with Gasteiger partial charge in [0.05, 0.1) is 83.4 Å². The van der Waals surface area contributed by atoms with Crippen LogP contribution < -0.4 is 15.7 Å². The van der Waals surface area contributed by atoms with E-state index in [9.17, 15) is 55.0 Å². The number of alkyl halides is 5. The highest BCUT2D eigenvalue weighted by Crippen LogP contribution is 2.38. The van der Waals surface area contributed by atoms with Gasteiger partial charge in [0.2, 0.25) is 10.0 Å². The number of sulfonamides is 1. The van der Waals surface area contributed by atoms with Crippen molar-refractivity contribution in [3.8, 4) is 0 Å². The summed E-state index contributed by atoms with van der Waals surface area (Å²) >= 11 is 0. The predicted octanol–water partition coefficient (Wildman–Crippen LogP) is -0.455. The number of unbranched alkanes of at least 4 members (excludes halogenated alkanes) is 1. The second-order valence-electron chi connectivity index (χ2n) is 16.0. The Morgan fingerprint density at radius 3 is 1.94 bits per heavy atom. The summed E-state index contributed by atoms with van der Waals surface area (Å²) in [5, 5.41) is 32.8. The Balaban J connectivity index is 0.928. The number of rotatable bonds is 28. The first-order valence-electron chi connectivity index (χ1n) is 21.2. The van der Waals surface area contributed by atoms with Gasteiger partial charge in [0.15, 0.2) is 43.3 Å². The van der Waals surface area contributed by atoms with Gasteiger partial charge < -0.3 is 58.3 Å². The Hall–Kier alpha value is -1.30. The molecule has 4 aliphatic rings. The van der Waals surface area contributed by atoms with E-state index < -0.39 is 110 Å². The van der Waals surface area contributed by atoms with Crippen molar-refractivity contribution in [1.82, 2.24) is 20.7 Å². The van der Waals surface area contributed by atoms with Crippen LogP contribution in [0.4, 0.5) is 22.0 Å². The highest BCUT2D eigenvalue weighted by molar-refractivity contribution is 7.89. The van der Waals surface area contributed by atoms with Crippen LogP contribution in [0.2, 0.25) is 0 Å². The molecule has 20 nitrogen and oxygen atoms in total. The van der Waals surface area contributed by atoms with E-state index in [1.807, 2.05) is 5.01 Å². The number of nitrogens with one attached hydrogen (secondary N) is 3. The molecule has 2 heterocycles. The Morgan fingerprint density at radius 1 is 0.762 bits per heavy atom. The maximum atomic E-state index is 13.8. The lowest BCUT2D eigenvalue weighted by Gasteiger charge is -2.42. The molecule has 2 saturated heterocycles. The minimum atomic E-state index is -4.38. The third-order valence-corrected chi connectivity index (χ3v) is 13.3. The summed E-state index contributed by atoms with van der Waals surface area (Å²) in [6.45, 7) is 2.97.